The number of thioether (sulfide) groups is 1. The Balaban J connectivity index is 2.41. The van der Waals surface area contributed by atoms with Gasteiger partial charge in [0.2, 0.25) is 0 Å². The summed E-state index contributed by atoms with van der Waals surface area (Å²) in [6.07, 6.45) is 2.11. The van der Waals surface area contributed by atoms with Gasteiger partial charge in [0.25, 0.3) is 0 Å². The van der Waals surface area contributed by atoms with E-state index in [2.05, 4.69) is 74.8 Å². The van der Waals surface area contributed by atoms with E-state index in [0.717, 1.165) is 6.54 Å². The van der Waals surface area contributed by atoms with Crippen molar-refractivity contribution in [2.75, 3.05) is 12.8 Å². The first-order valence-electron chi connectivity index (χ1n) is 7.10. The molecule has 0 aliphatic rings. The van der Waals surface area contributed by atoms with E-state index in [1.54, 1.807) is 11.8 Å². The maximum absolute atomic E-state index is 3.61. The van der Waals surface area contributed by atoms with Crippen LogP contribution in [0.25, 0.3) is 0 Å². The molecule has 0 heterocycles. The van der Waals surface area contributed by atoms with E-state index in [-0.39, 0.29) is 6.04 Å². The normalized spacial score (nSPS) is 12.4. The zero-order chi connectivity index (χ0) is 14.5. The predicted octanol–water partition coefficient (Wildman–Crippen LogP) is 4.72. The molecule has 0 spiro atoms. The Labute approximate surface area is 126 Å². The van der Waals surface area contributed by atoms with Gasteiger partial charge < -0.3 is 5.32 Å². The third-order valence-electron chi connectivity index (χ3n) is 3.60. The zero-order valence-corrected chi connectivity index (χ0v) is 13.6. The van der Waals surface area contributed by atoms with E-state index in [1.165, 1.54) is 27.1 Å². The molecular weight excluding hydrogens is 262 g/mol. The van der Waals surface area contributed by atoms with E-state index in [9.17, 15) is 0 Å². The maximum Gasteiger partial charge on any atom is 0.0579 e. The summed E-state index contributed by atoms with van der Waals surface area (Å²) in [4.78, 5) is 1.31. The molecule has 1 nitrogen and oxygen atoms in total. The van der Waals surface area contributed by atoms with Crippen LogP contribution in [0.1, 0.15) is 35.2 Å². The summed E-state index contributed by atoms with van der Waals surface area (Å²) in [5.74, 6) is 0. The first kappa shape index (κ1) is 15.1. The van der Waals surface area contributed by atoms with Gasteiger partial charge in [-0.1, -0.05) is 42.8 Å². The smallest absolute Gasteiger partial charge is 0.0579 e. The fourth-order valence-electron chi connectivity index (χ4n) is 2.48. The quantitative estimate of drug-likeness (QED) is 0.797. The summed E-state index contributed by atoms with van der Waals surface area (Å²) in [6, 6.07) is 15.8. The standard InChI is InChI=1S/C18H23NS/c1-5-19-18(15-8-10-16(20-4)11-9-15)17-12-13(2)6-7-14(17)3/h6-12,18-19H,5H2,1-4H3. The average Bonchev–Trinajstić information content (AvgIpc) is 2.48. The van der Waals surface area contributed by atoms with Gasteiger partial charge in [0, 0.05) is 4.90 Å². The Morgan fingerprint density at radius 1 is 1.05 bits per heavy atom. The highest BCUT2D eigenvalue weighted by Gasteiger charge is 2.15. The van der Waals surface area contributed by atoms with Crippen LogP contribution in [0.15, 0.2) is 47.4 Å². The van der Waals surface area contributed by atoms with Crippen LogP contribution in [-0.2, 0) is 0 Å². The minimum Gasteiger partial charge on any atom is -0.307 e. The Bertz CT molecular complexity index is 560. The van der Waals surface area contributed by atoms with Crippen LogP contribution in [0.3, 0.4) is 0 Å². The molecule has 1 atom stereocenters. The zero-order valence-electron chi connectivity index (χ0n) is 12.7. The maximum atomic E-state index is 3.61. The summed E-state index contributed by atoms with van der Waals surface area (Å²) >= 11 is 1.78. The summed E-state index contributed by atoms with van der Waals surface area (Å²) in [7, 11) is 0. The first-order chi connectivity index (χ1) is 9.65. The van der Waals surface area contributed by atoms with Crippen LogP contribution in [-0.4, -0.2) is 12.8 Å². The van der Waals surface area contributed by atoms with Crippen molar-refractivity contribution in [3.8, 4) is 0 Å². The lowest BCUT2D eigenvalue weighted by Crippen LogP contribution is -2.22. The van der Waals surface area contributed by atoms with Crippen LogP contribution in [0.5, 0.6) is 0 Å². The number of benzene rings is 2. The molecule has 20 heavy (non-hydrogen) atoms. The second kappa shape index (κ2) is 6.96. The fraction of sp³-hybridized carbons (Fsp3) is 0.333. The van der Waals surface area contributed by atoms with Gasteiger partial charge in [0.15, 0.2) is 0 Å². The second-order valence-corrected chi connectivity index (χ2v) is 6.00. The third-order valence-corrected chi connectivity index (χ3v) is 4.35. The lowest BCUT2D eigenvalue weighted by atomic mass is 9.93. The lowest BCUT2D eigenvalue weighted by Gasteiger charge is -2.21. The highest BCUT2D eigenvalue weighted by Crippen LogP contribution is 2.27. The van der Waals surface area contributed by atoms with Gasteiger partial charge in [-0.05, 0) is 55.5 Å². The van der Waals surface area contributed by atoms with Gasteiger partial charge in [-0.15, -0.1) is 11.8 Å². The Kier molecular flexibility index (Phi) is 5.27. The number of nitrogens with one attached hydrogen (secondary N) is 1. The molecule has 0 aromatic heterocycles. The molecule has 1 unspecified atom stereocenters. The molecule has 2 aromatic rings. The molecule has 1 N–H and O–H groups in total. The molecule has 2 heteroatoms. The largest absolute Gasteiger partial charge is 0.307 e. The summed E-state index contributed by atoms with van der Waals surface area (Å²) in [5.41, 5.74) is 5.37. The molecule has 0 amide bonds. The first-order valence-corrected chi connectivity index (χ1v) is 8.32. The van der Waals surface area contributed by atoms with Crippen molar-refractivity contribution in [1.29, 1.82) is 0 Å². The molecule has 0 fully saturated rings. The minimum absolute atomic E-state index is 0.274. The summed E-state index contributed by atoms with van der Waals surface area (Å²) in [6.45, 7) is 7.47. The minimum atomic E-state index is 0.274. The fourth-order valence-corrected chi connectivity index (χ4v) is 2.89. The van der Waals surface area contributed by atoms with Gasteiger partial charge in [-0.3, -0.25) is 0 Å². The SMILES string of the molecule is CCNC(c1ccc(SC)cc1)c1cc(C)ccc1C. The number of aryl methyl sites for hydroxylation is 2. The molecule has 2 rings (SSSR count). The van der Waals surface area contributed by atoms with E-state index in [4.69, 9.17) is 0 Å². The molecule has 106 valence electrons. The molecule has 0 saturated carbocycles. The van der Waals surface area contributed by atoms with E-state index in [1.807, 2.05) is 0 Å². The van der Waals surface area contributed by atoms with Crippen molar-refractivity contribution in [3.63, 3.8) is 0 Å². The Morgan fingerprint density at radius 3 is 2.35 bits per heavy atom. The number of hydrogen-bond donors (Lipinski definition) is 1. The van der Waals surface area contributed by atoms with Crippen LogP contribution < -0.4 is 5.32 Å². The summed E-state index contributed by atoms with van der Waals surface area (Å²) < 4.78 is 0. The van der Waals surface area contributed by atoms with Crippen molar-refractivity contribution in [1.82, 2.24) is 5.32 Å². The predicted molar refractivity (Wildman–Crippen MR) is 89.7 cm³/mol. The molecule has 0 aliphatic heterocycles. The van der Waals surface area contributed by atoms with Crippen molar-refractivity contribution in [2.45, 2.75) is 31.7 Å². The monoisotopic (exact) mass is 285 g/mol. The van der Waals surface area contributed by atoms with Crippen molar-refractivity contribution < 1.29 is 0 Å². The van der Waals surface area contributed by atoms with Gasteiger partial charge in [-0.2, -0.15) is 0 Å². The average molecular weight is 285 g/mol. The van der Waals surface area contributed by atoms with E-state index >= 15 is 0 Å². The number of hydrogen-bond acceptors (Lipinski definition) is 2. The van der Waals surface area contributed by atoms with Crippen LogP contribution in [0.2, 0.25) is 0 Å². The molecular formula is C18H23NS. The Hall–Kier alpha value is -1.25. The van der Waals surface area contributed by atoms with Gasteiger partial charge in [0.1, 0.15) is 0 Å². The molecule has 0 bridgehead atoms. The van der Waals surface area contributed by atoms with Crippen molar-refractivity contribution >= 4 is 11.8 Å². The van der Waals surface area contributed by atoms with Gasteiger partial charge in [-0.25, -0.2) is 0 Å². The summed E-state index contributed by atoms with van der Waals surface area (Å²) in [5, 5.41) is 3.61. The second-order valence-electron chi connectivity index (χ2n) is 5.12. The van der Waals surface area contributed by atoms with Gasteiger partial charge in [0.05, 0.1) is 6.04 Å². The van der Waals surface area contributed by atoms with E-state index in [0.29, 0.717) is 0 Å². The highest BCUT2D eigenvalue weighted by molar-refractivity contribution is 7.98. The van der Waals surface area contributed by atoms with Crippen LogP contribution in [0.4, 0.5) is 0 Å². The molecule has 0 saturated heterocycles. The molecule has 0 radical (unpaired) electrons. The van der Waals surface area contributed by atoms with Gasteiger partial charge >= 0.3 is 0 Å². The topological polar surface area (TPSA) is 12.0 Å². The third kappa shape index (κ3) is 3.44. The molecule has 2 aromatic carbocycles. The van der Waals surface area contributed by atoms with Crippen molar-refractivity contribution in [3.05, 3.63) is 64.7 Å². The lowest BCUT2D eigenvalue weighted by molar-refractivity contribution is 0.627. The van der Waals surface area contributed by atoms with E-state index < -0.39 is 0 Å². The number of rotatable bonds is 5. The van der Waals surface area contributed by atoms with Crippen molar-refractivity contribution in [2.24, 2.45) is 0 Å². The van der Waals surface area contributed by atoms with Crippen LogP contribution >= 0.6 is 11.8 Å². The highest BCUT2D eigenvalue weighted by atomic mass is 32.2. The Morgan fingerprint density at radius 2 is 1.75 bits per heavy atom. The molecule has 0 aliphatic carbocycles. The van der Waals surface area contributed by atoms with Crippen LogP contribution in [0, 0.1) is 13.8 Å².